The second kappa shape index (κ2) is 27.4. The SMILES string of the molecule is Cc1ccc(S(=O)(=O)[O-])cc1.Cc1ccc(S(=O)(=O)[O-])cc1.Cc1ccc2cc(N(C)C)ccc2[n+]1C.Cc1cccnc1-n1c(C)cc(/C=C/c2ccc3cc(N(C)C)ccc3[n+]2C)c1C.Cc1cccnc1-n1c(C)cc(C=O)c1C. The molecule has 17 heteroatoms. The van der Waals surface area contributed by atoms with Crippen LogP contribution in [0, 0.1) is 62.3 Å². The standard InChI is InChI=1S/C26H29N4.C13H14N2O.C13H17N2.2C7H8O3S/c1-18-8-7-15-27-26(18)30-19(2)16-21(20(30)3)9-11-23-12-10-22-17-24(28(4)5)13-14-25(22)29(23)6;1-9-5-4-6-14-13(9)15-10(2)7-12(8-16)11(15)3;1-10-5-6-11-9-12(14(2)3)7-8-13(11)15(10)4;2*1-6-2-4-7(5-3-6)11(8,9)10/h7-17H,1-6H3;4-8H,1-3H3;5-9H,1-4H3;2*2-5H,1H3,(H,8,9,10)/q+1;;+1;;/p-2. The Morgan fingerprint density at radius 1 is 0.482 bits per heavy atom. The van der Waals surface area contributed by atoms with Gasteiger partial charge in [-0.3, -0.25) is 4.79 Å². The highest BCUT2D eigenvalue weighted by molar-refractivity contribution is 7.86. The maximum absolute atomic E-state index is 10.9. The molecule has 0 saturated heterocycles. The summed E-state index contributed by atoms with van der Waals surface area (Å²) in [7, 11) is 3.96. The number of fused-ring (bicyclic) bond motifs is 2. The molecule has 0 aliphatic carbocycles. The van der Waals surface area contributed by atoms with E-state index >= 15 is 0 Å². The molecule has 0 saturated carbocycles. The van der Waals surface area contributed by atoms with E-state index in [-0.39, 0.29) is 9.79 Å². The van der Waals surface area contributed by atoms with Gasteiger partial charge in [0.05, 0.1) is 9.79 Å². The van der Waals surface area contributed by atoms with Gasteiger partial charge < -0.3 is 28.0 Å². The van der Waals surface area contributed by atoms with E-state index in [2.05, 4.69) is 188 Å². The van der Waals surface area contributed by atoms with Crippen molar-refractivity contribution in [3.05, 3.63) is 226 Å². The molecule has 0 fully saturated rings. The van der Waals surface area contributed by atoms with Crippen molar-refractivity contribution >= 4 is 71.9 Å². The maximum Gasteiger partial charge on any atom is 0.212 e. The van der Waals surface area contributed by atoms with Crippen molar-refractivity contribution in [1.29, 1.82) is 0 Å². The highest BCUT2D eigenvalue weighted by atomic mass is 32.2. The highest BCUT2D eigenvalue weighted by Gasteiger charge is 2.16. The zero-order valence-electron chi connectivity index (χ0n) is 50.0. The van der Waals surface area contributed by atoms with Crippen LogP contribution < -0.4 is 18.9 Å². The Balaban J connectivity index is 0.000000178. The number of anilines is 2. The van der Waals surface area contributed by atoms with Crippen molar-refractivity contribution in [2.75, 3.05) is 38.0 Å². The van der Waals surface area contributed by atoms with Gasteiger partial charge in [0.2, 0.25) is 16.7 Å². The maximum atomic E-state index is 10.9. The van der Waals surface area contributed by atoms with Gasteiger partial charge in [0.25, 0.3) is 0 Å². The largest absolute Gasteiger partial charge is 0.744 e. The number of hydrogen-bond acceptors (Lipinski definition) is 11. The molecule has 432 valence electrons. The molecule has 15 nitrogen and oxygen atoms in total. The van der Waals surface area contributed by atoms with E-state index in [1.54, 1.807) is 30.5 Å². The van der Waals surface area contributed by atoms with Gasteiger partial charge in [-0.15, -0.1) is 0 Å². The van der Waals surface area contributed by atoms with Gasteiger partial charge >= 0.3 is 0 Å². The molecule has 0 aliphatic heterocycles. The molecular formula is C66H74N8O7S2. The zero-order chi connectivity index (χ0) is 61.1. The summed E-state index contributed by atoms with van der Waals surface area (Å²) in [5.74, 6) is 1.89. The van der Waals surface area contributed by atoms with Gasteiger partial charge in [0.1, 0.15) is 46.0 Å². The van der Waals surface area contributed by atoms with Gasteiger partial charge in [-0.2, -0.15) is 9.13 Å². The van der Waals surface area contributed by atoms with Crippen LogP contribution in [0.5, 0.6) is 0 Å². The Labute approximate surface area is 489 Å². The molecule has 0 spiro atoms. The van der Waals surface area contributed by atoms with Crippen molar-refractivity contribution in [1.82, 2.24) is 19.1 Å². The fraction of sp³-hybridized carbons (Fsp3) is 0.227. The zero-order valence-corrected chi connectivity index (χ0v) is 51.6. The van der Waals surface area contributed by atoms with Crippen molar-refractivity contribution in [3.63, 3.8) is 0 Å². The second-order valence-electron chi connectivity index (χ2n) is 20.7. The number of benzene rings is 4. The lowest BCUT2D eigenvalue weighted by atomic mass is 10.1. The van der Waals surface area contributed by atoms with Crippen molar-refractivity contribution in [3.8, 4) is 11.6 Å². The van der Waals surface area contributed by atoms with Crippen LogP contribution >= 0.6 is 0 Å². The van der Waals surface area contributed by atoms with Crippen LogP contribution in [0.1, 0.15) is 72.3 Å². The summed E-state index contributed by atoms with van der Waals surface area (Å²) in [5, 5.41) is 2.53. The topological polar surface area (TPSA) is 181 Å². The van der Waals surface area contributed by atoms with Gasteiger partial charge in [-0.1, -0.05) is 47.5 Å². The predicted octanol–water partition coefficient (Wildman–Crippen LogP) is 11.5. The molecule has 0 aliphatic rings. The van der Waals surface area contributed by atoms with Gasteiger partial charge in [-0.25, -0.2) is 26.8 Å². The van der Waals surface area contributed by atoms with E-state index in [0.29, 0.717) is 0 Å². The number of carbonyl (C=O) groups excluding carboxylic acids is 1. The molecule has 0 radical (unpaired) electrons. The molecule has 6 heterocycles. The molecule has 0 N–H and O–H groups in total. The summed E-state index contributed by atoms with van der Waals surface area (Å²) < 4.78 is 71.0. The second-order valence-corrected chi connectivity index (χ2v) is 23.5. The molecule has 10 aromatic rings. The number of rotatable bonds is 9. The lowest BCUT2D eigenvalue weighted by molar-refractivity contribution is -0.651. The van der Waals surface area contributed by atoms with Gasteiger partial charge in [-0.05, 0) is 163 Å². The van der Waals surface area contributed by atoms with E-state index in [1.807, 2.05) is 69.6 Å². The van der Waals surface area contributed by atoms with Crippen LogP contribution in [0.4, 0.5) is 11.4 Å². The molecule has 0 unspecified atom stereocenters. The van der Waals surface area contributed by atoms with E-state index in [9.17, 15) is 30.7 Å². The van der Waals surface area contributed by atoms with Crippen molar-refractivity contribution < 1.29 is 39.9 Å². The lowest BCUT2D eigenvalue weighted by Gasteiger charge is -2.12. The monoisotopic (exact) mass is 1150 g/mol. The molecule has 0 atom stereocenters. The molecule has 0 amide bonds. The molecule has 0 bridgehead atoms. The smallest absolute Gasteiger partial charge is 0.212 e. The number of carbonyl (C=O) groups is 1. The van der Waals surface area contributed by atoms with Gasteiger partial charge in [0.15, 0.2) is 12.0 Å². The molecular weight excluding hydrogens is 1080 g/mol. The number of aldehydes is 1. The summed E-state index contributed by atoms with van der Waals surface area (Å²) in [6, 6.07) is 45.5. The molecule has 83 heavy (non-hydrogen) atoms. The quantitative estimate of drug-likeness (QED) is 0.0762. The van der Waals surface area contributed by atoms with E-state index < -0.39 is 20.2 Å². The third-order valence-electron chi connectivity index (χ3n) is 14.1. The predicted molar refractivity (Wildman–Crippen MR) is 332 cm³/mol. The molecule has 4 aromatic carbocycles. The van der Waals surface area contributed by atoms with Crippen LogP contribution in [0.25, 0.3) is 45.6 Å². The third-order valence-corrected chi connectivity index (χ3v) is 15.8. The summed E-state index contributed by atoms with van der Waals surface area (Å²) in [5.41, 5.74) is 17.8. The van der Waals surface area contributed by atoms with Crippen LogP contribution in [0.15, 0.2) is 168 Å². The normalized spacial score (nSPS) is 11.1. The first-order valence-corrected chi connectivity index (χ1v) is 29.5. The van der Waals surface area contributed by atoms with Crippen molar-refractivity contribution in [2.24, 2.45) is 14.1 Å². The Morgan fingerprint density at radius 3 is 1.29 bits per heavy atom. The number of aromatic nitrogens is 6. The fourth-order valence-electron chi connectivity index (χ4n) is 9.15. The van der Waals surface area contributed by atoms with E-state index in [4.69, 9.17) is 0 Å². The summed E-state index contributed by atoms with van der Waals surface area (Å²) in [6.07, 6.45) is 8.90. The Morgan fingerprint density at radius 2 is 0.892 bits per heavy atom. The summed E-state index contributed by atoms with van der Waals surface area (Å²) in [6.45, 7) is 18.1. The minimum absolute atomic E-state index is 0.178. The fourth-order valence-corrected chi connectivity index (χ4v) is 10.1. The third kappa shape index (κ3) is 16.1. The van der Waals surface area contributed by atoms with Crippen LogP contribution in [0.3, 0.4) is 0 Å². The Hall–Kier alpha value is -8.61. The summed E-state index contributed by atoms with van der Waals surface area (Å²) in [4.78, 5) is 23.7. The van der Waals surface area contributed by atoms with Crippen LogP contribution in [0.2, 0.25) is 0 Å². The Bertz CT molecular complexity index is 4110. The molecule has 6 aromatic heterocycles. The highest BCUT2D eigenvalue weighted by Crippen LogP contribution is 2.25. The van der Waals surface area contributed by atoms with Crippen LogP contribution in [-0.4, -0.2) is 79.5 Å². The average molecular weight is 1160 g/mol. The first-order valence-electron chi connectivity index (χ1n) is 26.7. The van der Waals surface area contributed by atoms with E-state index in [0.717, 1.165) is 51.6 Å². The van der Waals surface area contributed by atoms with Gasteiger partial charge in [0, 0.05) is 128 Å². The summed E-state index contributed by atoms with van der Waals surface area (Å²) >= 11 is 0. The number of pyridine rings is 4. The number of hydrogen-bond donors (Lipinski definition) is 0. The van der Waals surface area contributed by atoms with Crippen LogP contribution in [-0.2, 0) is 34.3 Å². The molecule has 10 rings (SSSR count). The first kappa shape index (κ1) is 63.6. The lowest BCUT2D eigenvalue weighted by Crippen LogP contribution is -2.32. The minimum Gasteiger partial charge on any atom is -0.744 e. The first-order chi connectivity index (χ1) is 39.1. The van der Waals surface area contributed by atoms with Crippen molar-refractivity contribution in [2.45, 2.75) is 72.1 Å². The number of aryl methyl sites for hydroxylation is 9. The van der Waals surface area contributed by atoms with E-state index in [1.165, 1.54) is 91.3 Å². The Kier molecular flexibility index (Phi) is 21.0. The minimum atomic E-state index is -4.27. The average Bonchev–Trinajstić information content (AvgIpc) is 3.91. The number of nitrogens with zero attached hydrogens (tertiary/aromatic N) is 8.